The SMILES string of the molecule is CC(C)N(Cc1ccccc1)CC(O)COc1cccc2c1CC=CC2. The second-order valence-electron chi connectivity index (χ2n) is 7.25. The van der Waals surface area contributed by atoms with Gasteiger partial charge >= 0.3 is 0 Å². The zero-order valence-electron chi connectivity index (χ0n) is 15.8. The van der Waals surface area contributed by atoms with Crippen molar-refractivity contribution in [3.8, 4) is 5.75 Å². The quantitative estimate of drug-likeness (QED) is 0.730. The van der Waals surface area contributed by atoms with E-state index < -0.39 is 6.10 Å². The number of hydrogen-bond acceptors (Lipinski definition) is 3. The maximum atomic E-state index is 10.5. The van der Waals surface area contributed by atoms with Crippen LogP contribution in [0.2, 0.25) is 0 Å². The average Bonchev–Trinajstić information content (AvgIpc) is 2.66. The van der Waals surface area contributed by atoms with Crippen LogP contribution >= 0.6 is 0 Å². The lowest BCUT2D eigenvalue weighted by atomic mass is 9.96. The summed E-state index contributed by atoms with van der Waals surface area (Å²) >= 11 is 0. The Kier molecular flexibility index (Phi) is 6.48. The number of rotatable bonds is 8. The molecule has 0 saturated carbocycles. The molecule has 2 aromatic rings. The minimum Gasteiger partial charge on any atom is -0.491 e. The van der Waals surface area contributed by atoms with Gasteiger partial charge in [-0.2, -0.15) is 0 Å². The summed E-state index contributed by atoms with van der Waals surface area (Å²) in [5.41, 5.74) is 3.85. The second kappa shape index (κ2) is 9.02. The summed E-state index contributed by atoms with van der Waals surface area (Å²) in [5, 5.41) is 10.5. The van der Waals surface area contributed by atoms with Gasteiger partial charge in [0.1, 0.15) is 18.5 Å². The zero-order chi connectivity index (χ0) is 18.4. The Labute approximate surface area is 156 Å². The molecule has 0 fully saturated rings. The van der Waals surface area contributed by atoms with Gasteiger partial charge in [-0.15, -0.1) is 0 Å². The molecule has 0 bridgehead atoms. The molecule has 3 rings (SSSR count). The van der Waals surface area contributed by atoms with Gasteiger partial charge in [0.05, 0.1) is 0 Å². The topological polar surface area (TPSA) is 32.7 Å². The lowest BCUT2D eigenvalue weighted by Crippen LogP contribution is -2.39. The molecule has 3 heteroatoms. The highest BCUT2D eigenvalue weighted by molar-refractivity contribution is 5.44. The van der Waals surface area contributed by atoms with Gasteiger partial charge in [-0.1, -0.05) is 54.6 Å². The third-order valence-electron chi connectivity index (χ3n) is 4.89. The fourth-order valence-corrected chi connectivity index (χ4v) is 3.37. The summed E-state index contributed by atoms with van der Waals surface area (Å²) < 4.78 is 5.99. The molecule has 138 valence electrons. The molecule has 0 aliphatic heterocycles. The minimum absolute atomic E-state index is 0.318. The van der Waals surface area contributed by atoms with Crippen molar-refractivity contribution in [2.45, 2.75) is 45.4 Å². The highest BCUT2D eigenvalue weighted by atomic mass is 16.5. The van der Waals surface area contributed by atoms with Crippen molar-refractivity contribution in [3.63, 3.8) is 0 Å². The van der Waals surface area contributed by atoms with Crippen molar-refractivity contribution in [2.24, 2.45) is 0 Å². The van der Waals surface area contributed by atoms with Crippen LogP contribution in [0.5, 0.6) is 5.75 Å². The molecule has 1 unspecified atom stereocenters. The van der Waals surface area contributed by atoms with Crippen LogP contribution in [0.3, 0.4) is 0 Å². The van der Waals surface area contributed by atoms with Crippen molar-refractivity contribution in [3.05, 3.63) is 77.4 Å². The Morgan fingerprint density at radius 3 is 2.54 bits per heavy atom. The highest BCUT2D eigenvalue weighted by Gasteiger charge is 2.17. The van der Waals surface area contributed by atoms with E-state index in [-0.39, 0.29) is 0 Å². The third-order valence-corrected chi connectivity index (χ3v) is 4.89. The van der Waals surface area contributed by atoms with Gasteiger partial charge in [-0.05, 0) is 43.9 Å². The summed E-state index contributed by atoms with van der Waals surface area (Å²) in [6.07, 6.45) is 5.74. The van der Waals surface area contributed by atoms with Crippen LogP contribution < -0.4 is 4.74 Å². The number of benzene rings is 2. The first kappa shape index (κ1) is 18.7. The van der Waals surface area contributed by atoms with Crippen LogP contribution in [0.4, 0.5) is 0 Å². The molecule has 0 aromatic heterocycles. The van der Waals surface area contributed by atoms with Crippen LogP contribution in [0.15, 0.2) is 60.7 Å². The van der Waals surface area contributed by atoms with Gasteiger partial charge in [-0.3, -0.25) is 4.90 Å². The molecule has 0 amide bonds. The molecule has 0 spiro atoms. The van der Waals surface area contributed by atoms with Crippen LogP contribution in [-0.4, -0.2) is 35.3 Å². The summed E-state index contributed by atoms with van der Waals surface area (Å²) in [5.74, 6) is 0.907. The molecule has 1 atom stereocenters. The molecular weight excluding hydrogens is 322 g/mol. The first-order valence-corrected chi connectivity index (χ1v) is 9.48. The number of fused-ring (bicyclic) bond motifs is 1. The fourth-order valence-electron chi connectivity index (χ4n) is 3.37. The molecule has 0 radical (unpaired) electrons. The standard InChI is InChI=1S/C23H29NO2/c1-18(2)24(15-19-9-4-3-5-10-19)16-21(25)17-26-23-14-8-12-20-11-6-7-13-22(20)23/h3-10,12,14,18,21,25H,11,13,15-17H2,1-2H3. The molecule has 1 aliphatic rings. The van der Waals surface area contributed by atoms with Gasteiger partial charge in [-0.25, -0.2) is 0 Å². The number of nitrogens with zero attached hydrogens (tertiary/aromatic N) is 1. The summed E-state index contributed by atoms with van der Waals surface area (Å²) in [7, 11) is 0. The number of aliphatic hydroxyl groups is 1. The fraction of sp³-hybridized carbons (Fsp3) is 0.391. The average molecular weight is 351 g/mol. The van der Waals surface area contributed by atoms with E-state index in [4.69, 9.17) is 4.74 Å². The van der Waals surface area contributed by atoms with Gasteiger partial charge in [0.2, 0.25) is 0 Å². The Bertz CT molecular complexity index is 724. The van der Waals surface area contributed by atoms with E-state index in [2.05, 4.69) is 61.2 Å². The smallest absolute Gasteiger partial charge is 0.123 e. The van der Waals surface area contributed by atoms with E-state index in [0.29, 0.717) is 19.2 Å². The van der Waals surface area contributed by atoms with Crippen molar-refractivity contribution >= 4 is 0 Å². The first-order valence-electron chi connectivity index (χ1n) is 9.48. The van der Waals surface area contributed by atoms with Crippen LogP contribution in [-0.2, 0) is 19.4 Å². The van der Waals surface area contributed by atoms with E-state index in [1.54, 1.807) is 0 Å². The first-order chi connectivity index (χ1) is 12.6. The Morgan fingerprint density at radius 1 is 1.00 bits per heavy atom. The highest BCUT2D eigenvalue weighted by Crippen LogP contribution is 2.27. The lowest BCUT2D eigenvalue weighted by molar-refractivity contribution is 0.0540. The molecule has 0 heterocycles. The maximum Gasteiger partial charge on any atom is 0.123 e. The van der Waals surface area contributed by atoms with Crippen LogP contribution in [0, 0.1) is 0 Å². The normalized spacial score (nSPS) is 14.5. The second-order valence-corrected chi connectivity index (χ2v) is 7.25. The van der Waals surface area contributed by atoms with E-state index in [0.717, 1.165) is 25.1 Å². The third kappa shape index (κ3) is 4.96. The van der Waals surface area contributed by atoms with E-state index >= 15 is 0 Å². The predicted octanol–water partition coefficient (Wildman–Crippen LogP) is 3.99. The molecule has 2 aromatic carbocycles. The Balaban J connectivity index is 1.57. The molecular formula is C23H29NO2. The number of ether oxygens (including phenoxy) is 1. The van der Waals surface area contributed by atoms with Crippen molar-refractivity contribution in [2.75, 3.05) is 13.2 Å². The van der Waals surface area contributed by atoms with Crippen LogP contribution in [0.1, 0.15) is 30.5 Å². The minimum atomic E-state index is -0.517. The summed E-state index contributed by atoms with van der Waals surface area (Å²) in [6.45, 7) is 6.08. The summed E-state index contributed by atoms with van der Waals surface area (Å²) in [4.78, 5) is 2.28. The Hall–Kier alpha value is -2.10. The van der Waals surface area contributed by atoms with Crippen LogP contribution in [0.25, 0.3) is 0 Å². The maximum absolute atomic E-state index is 10.5. The lowest BCUT2D eigenvalue weighted by Gasteiger charge is -2.29. The molecule has 26 heavy (non-hydrogen) atoms. The predicted molar refractivity (Wildman–Crippen MR) is 106 cm³/mol. The zero-order valence-corrected chi connectivity index (χ0v) is 15.8. The number of hydrogen-bond donors (Lipinski definition) is 1. The number of aliphatic hydroxyl groups excluding tert-OH is 1. The molecule has 1 N–H and O–H groups in total. The monoisotopic (exact) mass is 351 g/mol. The number of allylic oxidation sites excluding steroid dienone is 2. The van der Waals surface area contributed by atoms with Gasteiger partial charge in [0.15, 0.2) is 0 Å². The van der Waals surface area contributed by atoms with Crippen molar-refractivity contribution in [1.82, 2.24) is 4.90 Å². The van der Waals surface area contributed by atoms with Gasteiger partial charge in [0.25, 0.3) is 0 Å². The molecule has 1 aliphatic carbocycles. The molecule has 0 saturated heterocycles. The summed E-state index contributed by atoms with van der Waals surface area (Å²) in [6, 6.07) is 17.0. The van der Waals surface area contributed by atoms with Crippen molar-refractivity contribution in [1.29, 1.82) is 0 Å². The van der Waals surface area contributed by atoms with Crippen molar-refractivity contribution < 1.29 is 9.84 Å². The van der Waals surface area contributed by atoms with Gasteiger partial charge in [0, 0.05) is 24.7 Å². The van der Waals surface area contributed by atoms with E-state index in [1.165, 1.54) is 16.7 Å². The largest absolute Gasteiger partial charge is 0.491 e. The van der Waals surface area contributed by atoms with E-state index in [9.17, 15) is 5.11 Å². The molecule has 3 nitrogen and oxygen atoms in total. The van der Waals surface area contributed by atoms with E-state index in [1.807, 2.05) is 18.2 Å². The van der Waals surface area contributed by atoms with Gasteiger partial charge < -0.3 is 9.84 Å². The Morgan fingerprint density at radius 2 is 1.77 bits per heavy atom.